The van der Waals surface area contributed by atoms with Crippen LogP contribution >= 0.6 is 0 Å². The summed E-state index contributed by atoms with van der Waals surface area (Å²) < 4.78 is 16.6. The Bertz CT molecular complexity index is 1310. The highest BCUT2D eigenvalue weighted by Gasteiger charge is 2.12. The number of pyridine rings is 1. The quantitative estimate of drug-likeness (QED) is 0.629. The monoisotopic (exact) mass is 420 g/mol. The molecule has 3 rings (SSSR count). The Labute approximate surface area is 173 Å². The molecule has 0 spiro atoms. The number of rotatable bonds is 3. The van der Waals surface area contributed by atoms with E-state index in [9.17, 15) is 18.9 Å². The normalized spacial score (nSPS) is 12.2. The molecule has 1 unspecified atom stereocenters. The Morgan fingerprint density at radius 2 is 1.70 bits per heavy atom. The van der Waals surface area contributed by atoms with Gasteiger partial charge in [-0.3, -0.25) is 9.78 Å². The lowest BCUT2D eigenvalue weighted by Gasteiger charge is -2.03. The molecule has 2 N–H and O–H groups in total. The van der Waals surface area contributed by atoms with E-state index in [-0.39, 0.29) is 16.9 Å². The van der Waals surface area contributed by atoms with Crippen molar-refractivity contribution in [1.82, 2.24) is 4.98 Å². The van der Waals surface area contributed by atoms with Gasteiger partial charge in [-0.1, -0.05) is 30.0 Å². The second kappa shape index (κ2) is 8.59. The van der Waals surface area contributed by atoms with Crippen molar-refractivity contribution < 1.29 is 24.0 Å². The lowest BCUT2D eigenvalue weighted by molar-refractivity contribution is 0.0693. The average molecular weight is 420 g/mol. The van der Waals surface area contributed by atoms with E-state index in [0.29, 0.717) is 16.0 Å². The van der Waals surface area contributed by atoms with Gasteiger partial charge in [-0.2, -0.15) is 4.36 Å². The molecule has 7 nitrogen and oxygen atoms in total. The lowest BCUT2D eigenvalue weighted by Crippen LogP contribution is -2.04. The van der Waals surface area contributed by atoms with E-state index >= 15 is 0 Å². The number of benzene rings is 2. The van der Waals surface area contributed by atoms with E-state index in [0.717, 1.165) is 0 Å². The van der Waals surface area contributed by atoms with Gasteiger partial charge in [-0.05, 0) is 36.4 Å². The van der Waals surface area contributed by atoms with Gasteiger partial charge in [0.1, 0.15) is 11.3 Å². The number of carboxylic acid groups (broad SMARTS) is 1. The highest BCUT2D eigenvalue weighted by atomic mass is 32.2. The minimum atomic E-state index is -2.91. The maximum atomic E-state index is 12.8. The molecule has 0 saturated heterocycles. The van der Waals surface area contributed by atoms with Crippen LogP contribution in [0.1, 0.15) is 31.8 Å². The average Bonchev–Trinajstić information content (AvgIpc) is 2.73. The first-order valence-electron chi connectivity index (χ1n) is 8.61. The highest BCUT2D eigenvalue weighted by Crippen LogP contribution is 2.18. The summed E-state index contributed by atoms with van der Waals surface area (Å²) in [7, 11) is -2.91. The molecule has 1 atom stereocenters. The maximum absolute atomic E-state index is 12.8. The Balaban J connectivity index is 1.89. The number of hydrogen-bond donors (Lipinski definition) is 2. The molecule has 0 saturated carbocycles. The smallest absolute Gasteiger partial charge is 0.339 e. The van der Waals surface area contributed by atoms with Crippen LogP contribution in [0.15, 0.2) is 76.2 Å². The molecule has 8 heteroatoms. The van der Waals surface area contributed by atoms with Crippen LogP contribution in [0, 0.1) is 11.8 Å². The number of aromatic carboxylic acids is 1. The molecule has 1 amide bonds. The van der Waals surface area contributed by atoms with Crippen molar-refractivity contribution in [2.45, 2.75) is 4.90 Å². The van der Waals surface area contributed by atoms with Gasteiger partial charge in [-0.15, -0.1) is 0 Å². The topological polar surface area (TPSA) is 117 Å². The minimum Gasteiger partial charge on any atom is -0.507 e. The Kier molecular flexibility index (Phi) is 5.95. The molecule has 2 aromatic carbocycles. The van der Waals surface area contributed by atoms with Crippen molar-refractivity contribution in [3.05, 3.63) is 89.2 Å². The van der Waals surface area contributed by atoms with E-state index in [1.807, 2.05) is 0 Å². The summed E-state index contributed by atoms with van der Waals surface area (Å²) in [4.78, 5) is 28.0. The van der Waals surface area contributed by atoms with Crippen molar-refractivity contribution in [3.63, 3.8) is 0 Å². The van der Waals surface area contributed by atoms with Gasteiger partial charge >= 0.3 is 5.97 Å². The first kappa shape index (κ1) is 20.8. The van der Waals surface area contributed by atoms with E-state index in [2.05, 4.69) is 21.2 Å². The fourth-order valence-electron chi connectivity index (χ4n) is 2.49. The van der Waals surface area contributed by atoms with Crippen molar-refractivity contribution in [3.8, 4) is 17.6 Å². The summed E-state index contributed by atoms with van der Waals surface area (Å²) in [6.45, 7) is 0. The van der Waals surface area contributed by atoms with Crippen LogP contribution in [0.5, 0.6) is 5.75 Å². The molecule has 0 aliphatic carbocycles. The number of carbonyl (C=O) groups is 2. The number of carboxylic acids is 1. The van der Waals surface area contributed by atoms with Crippen molar-refractivity contribution in [1.29, 1.82) is 0 Å². The van der Waals surface area contributed by atoms with Crippen LogP contribution in [-0.2, 0) is 9.73 Å². The van der Waals surface area contributed by atoms with Crippen molar-refractivity contribution in [2.24, 2.45) is 4.36 Å². The predicted molar refractivity (Wildman–Crippen MR) is 111 cm³/mol. The Morgan fingerprint density at radius 1 is 1.00 bits per heavy atom. The molecular weight excluding hydrogens is 404 g/mol. The zero-order chi connectivity index (χ0) is 21.7. The predicted octanol–water partition coefficient (Wildman–Crippen LogP) is 3.18. The SMILES string of the molecule is CS(=O)(=NC(=O)c1cncc(C#Cc2ccc(O)c(C(=O)O)c2)c1)c1ccccc1. The van der Waals surface area contributed by atoms with Crippen LogP contribution < -0.4 is 0 Å². The van der Waals surface area contributed by atoms with Gasteiger partial charge in [0.15, 0.2) is 0 Å². The molecule has 150 valence electrons. The van der Waals surface area contributed by atoms with Crippen LogP contribution in [-0.4, -0.2) is 37.5 Å². The Hall–Kier alpha value is -3.96. The third-order valence-corrected chi connectivity index (χ3v) is 5.66. The maximum Gasteiger partial charge on any atom is 0.339 e. The van der Waals surface area contributed by atoms with Gasteiger partial charge in [0.05, 0.1) is 15.3 Å². The number of aromatic nitrogens is 1. The van der Waals surface area contributed by atoms with Crippen molar-refractivity contribution >= 4 is 21.6 Å². The molecule has 0 radical (unpaired) electrons. The lowest BCUT2D eigenvalue weighted by atomic mass is 10.1. The molecule has 0 aliphatic heterocycles. The number of nitrogens with zero attached hydrogens (tertiary/aromatic N) is 2. The molecule has 1 aromatic heterocycles. The number of phenols is 1. The summed E-state index contributed by atoms with van der Waals surface area (Å²) in [5.74, 6) is 3.24. The number of carbonyl (C=O) groups excluding carboxylic acids is 1. The van der Waals surface area contributed by atoms with Gasteiger partial charge in [0.2, 0.25) is 0 Å². The first-order valence-corrected chi connectivity index (χ1v) is 10.5. The number of hydrogen-bond acceptors (Lipinski definition) is 5. The zero-order valence-electron chi connectivity index (χ0n) is 15.8. The van der Waals surface area contributed by atoms with Crippen LogP contribution in [0.25, 0.3) is 0 Å². The minimum absolute atomic E-state index is 0.129. The molecule has 0 fully saturated rings. The first-order chi connectivity index (χ1) is 14.3. The van der Waals surface area contributed by atoms with Gasteiger partial charge in [0, 0.05) is 34.7 Å². The van der Waals surface area contributed by atoms with E-state index < -0.39 is 21.6 Å². The fourth-order valence-corrected chi connectivity index (χ4v) is 3.68. The highest BCUT2D eigenvalue weighted by molar-refractivity contribution is 7.93. The van der Waals surface area contributed by atoms with Crippen LogP contribution in [0.4, 0.5) is 0 Å². The largest absolute Gasteiger partial charge is 0.507 e. The van der Waals surface area contributed by atoms with Crippen LogP contribution in [0.3, 0.4) is 0 Å². The van der Waals surface area contributed by atoms with E-state index in [4.69, 9.17) is 5.11 Å². The van der Waals surface area contributed by atoms with E-state index in [1.165, 1.54) is 42.9 Å². The summed E-state index contributed by atoms with van der Waals surface area (Å²) >= 11 is 0. The van der Waals surface area contributed by atoms with Crippen molar-refractivity contribution in [2.75, 3.05) is 6.26 Å². The number of aromatic hydroxyl groups is 1. The third kappa shape index (κ3) is 4.90. The van der Waals surface area contributed by atoms with Gasteiger partial charge < -0.3 is 10.2 Å². The molecule has 3 aromatic rings. The summed E-state index contributed by atoms with van der Waals surface area (Å²) in [6, 6.07) is 13.9. The van der Waals surface area contributed by atoms with E-state index in [1.54, 1.807) is 30.3 Å². The molecular formula is C22H16N2O5S. The zero-order valence-corrected chi connectivity index (χ0v) is 16.6. The molecule has 0 bridgehead atoms. The molecule has 0 aliphatic rings. The molecule has 1 heterocycles. The third-order valence-electron chi connectivity index (χ3n) is 4.00. The summed E-state index contributed by atoms with van der Waals surface area (Å²) in [5, 5.41) is 18.6. The van der Waals surface area contributed by atoms with Gasteiger partial charge in [0.25, 0.3) is 5.91 Å². The van der Waals surface area contributed by atoms with Crippen LogP contribution in [0.2, 0.25) is 0 Å². The second-order valence-electron chi connectivity index (χ2n) is 6.26. The van der Waals surface area contributed by atoms with Gasteiger partial charge in [-0.25, -0.2) is 9.00 Å². The molecule has 30 heavy (non-hydrogen) atoms. The fraction of sp³-hybridized carbons (Fsp3) is 0.0455. The standard InChI is InChI=1S/C22H16N2O5S/c1-30(29,18-5-3-2-4-6-18)24-21(26)17-11-16(13-23-14-17)8-7-15-9-10-20(25)19(12-15)22(27)28/h2-6,9-14,25H,1H3,(H,27,28). The summed E-state index contributed by atoms with van der Waals surface area (Å²) in [5.41, 5.74) is 0.626. The number of amides is 1. The second-order valence-corrected chi connectivity index (χ2v) is 8.52. The summed E-state index contributed by atoms with van der Waals surface area (Å²) in [6.07, 6.45) is 4.13. The Morgan fingerprint density at radius 3 is 2.40 bits per heavy atom.